The predicted molar refractivity (Wildman–Crippen MR) is 76.3 cm³/mol. The van der Waals surface area contributed by atoms with Gasteiger partial charge in [0.15, 0.2) is 0 Å². The molecule has 1 aliphatic rings. The van der Waals surface area contributed by atoms with Crippen molar-refractivity contribution in [2.24, 2.45) is 5.92 Å². The second-order valence-electron chi connectivity index (χ2n) is 5.34. The molecule has 2 rings (SSSR count). The van der Waals surface area contributed by atoms with Crippen molar-refractivity contribution < 1.29 is 10.2 Å². The number of nitrogens with zero attached hydrogens (tertiary/aromatic N) is 1. The Kier molecular flexibility index (Phi) is 5.05. The number of hydrogen-bond acceptors (Lipinski definition) is 4. The number of rotatable bonds is 5. The van der Waals surface area contributed by atoms with Crippen molar-refractivity contribution >= 4 is 0 Å². The first-order chi connectivity index (χ1) is 9.19. The number of likely N-dealkylation sites (tertiary alicyclic amines) is 1. The van der Waals surface area contributed by atoms with E-state index >= 15 is 0 Å². The van der Waals surface area contributed by atoms with Crippen LogP contribution in [0.4, 0.5) is 0 Å². The lowest BCUT2D eigenvalue weighted by Crippen LogP contribution is -2.36. The molecule has 1 fully saturated rings. The molecule has 0 bridgehead atoms. The van der Waals surface area contributed by atoms with Crippen molar-refractivity contribution in [3.05, 3.63) is 23.8 Å². The van der Waals surface area contributed by atoms with Gasteiger partial charge < -0.3 is 15.5 Å². The molecule has 4 heteroatoms. The Labute approximate surface area is 115 Å². The van der Waals surface area contributed by atoms with Crippen LogP contribution in [0, 0.1) is 5.92 Å². The number of hydrogen-bond donors (Lipinski definition) is 3. The molecule has 1 saturated heterocycles. The molecule has 106 valence electrons. The summed E-state index contributed by atoms with van der Waals surface area (Å²) < 4.78 is 0. The first kappa shape index (κ1) is 14.2. The third kappa shape index (κ3) is 4.11. The topological polar surface area (TPSA) is 55.7 Å². The highest BCUT2D eigenvalue weighted by Gasteiger charge is 2.19. The van der Waals surface area contributed by atoms with Crippen molar-refractivity contribution in [1.82, 2.24) is 10.2 Å². The third-order valence-electron chi connectivity index (χ3n) is 3.85. The molecule has 0 amide bonds. The second kappa shape index (κ2) is 6.78. The van der Waals surface area contributed by atoms with Gasteiger partial charge in [-0.25, -0.2) is 0 Å². The highest BCUT2D eigenvalue weighted by Crippen LogP contribution is 2.25. The molecule has 0 radical (unpaired) electrons. The highest BCUT2D eigenvalue weighted by molar-refractivity contribution is 5.38. The minimum absolute atomic E-state index is 0.116. The van der Waals surface area contributed by atoms with Gasteiger partial charge >= 0.3 is 0 Å². The van der Waals surface area contributed by atoms with Gasteiger partial charge in [-0.2, -0.15) is 0 Å². The van der Waals surface area contributed by atoms with Gasteiger partial charge in [0.1, 0.15) is 11.5 Å². The molecule has 1 aromatic carbocycles. The maximum atomic E-state index is 9.79. The second-order valence-corrected chi connectivity index (χ2v) is 5.34. The van der Waals surface area contributed by atoms with Crippen LogP contribution in [0.25, 0.3) is 0 Å². The zero-order valence-electron chi connectivity index (χ0n) is 11.6. The van der Waals surface area contributed by atoms with E-state index in [1.165, 1.54) is 18.9 Å². The monoisotopic (exact) mass is 264 g/mol. The minimum Gasteiger partial charge on any atom is -0.508 e. The van der Waals surface area contributed by atoms with E-state index in [0.29, 0.717) is 0 Å². The largest absolute Gasteiger partial charge is 0.508 e. The molecule has 19 heavy (non-hydrogen) atoms. The fourth-order valence-electron chi connectivity index (χ4n) is 2.62. The Balaban J connectivity index is 1.82. The normalized spacial score (nSPS) is 17.7. The average Bonchev–Trinajstić information content (AvgIpc) is 2.41. The molecule has 0 unspecified atom stereocenters. The summed E-state index contributed by atoms with van der Waals surface area (Å²) in [6, 6.07) is 4.84. The number of aromatic hydroxyl groups is 2. The molecule has 1 heterocycles. The molecule has 1 aliphatic heterocycles. The summed E-state index contributed by atoms with van der Waals surface area (Å²) in [7, 11) is 0. The zero-order chi connectivity index (χ0) is 13.7. The van der Waals surface area contributed by atoms with Crippen molar-refractivity contribution in [3.8, 4) is 11.5 Å². The molecule has 3 N–H and O–H groups in total. The number of phenols is 2. The van der Waals surface area contributed by atoms with Crippen LogP contribution >= 0.6 is 0 Å². The van der Waals surface area contributed by atoms with Crippen molar-refractivity contribution in [2.75, 3.05) is 26.2 Å². The minimum atomic E-state index is 0.116. The Hall–Kier alpha value is -1.26. The van der Waals surface area contributed by atoms with Crippen molar-refractivity contribution in [1.29, 1.82) is 0 Å². The molecular weight excluding hydrogens is 240 g/mol. The fourth-order valence-corrected chi connectivity index (χ4v) is 2.62. The van der Waals surface area contributed by atoms with Crippen molar-refractivity contribution in [2.45, 2.75) is 26.3 Å². The van der Waals surface area contributed by atoms with Crippen LogP contribution in [0.1, 0.15) is 25.3 Å². The van der Waals surface area contributed by atoms with Gasteiger partial charge in [0.25, 0.3) is 0 Å². The van der Waals surface area contributed by atoms with E-state index in [9.17, 15) is 10.2 Å². The maximum absolute atomic E-state index is 9.79. The molecule has 0 spiro atoms. The lowest BCUT2D eigenvalue weighted by Gasteiger charge is -2.32. The Morgan fingerprint density at radius 3 is 2.63 bits per heavy atom. The summed E-state index contributed by atoms with van der Waals surface area (Å²) in [6.45, 7) is 7.23. The zero-order valence-corrected chi connectivity index (χ0v) is 11.6. The Bertz CT molecular complexity index is 401. The van der Waals surface area contributed by atoms with Gasteiger partial charge in [-0.1, -0.05) is 13.0 Å². The standard InChI is InChI=1S/C15H24N2O2/c1-2-16-10-12-5-7-17(8-6-12)11-13-3-4-14(18)9-15(13)19/h3-4,9,12,16,18-19H,2,5-8,10-11H2,1H3. The van der Waals surface area contributed by atoms with Crippen LogP contribution in [0.15, 0.2) is 18.2 Å². The van der Waals surface area contributed by atoms with Gasteiger partial charge in [0, 0.05) is 18.2 Å². The quantitative estimate of drug-likeness (QED) is 0.760. The van der Waals surface area contributed by atoms with Crippen LogP contribution in [0.3, 0.4) is 0 Å². The first-order valence-electron chi connectivity index (χ1n) is 7.13. The summed E-state index contributed by atoms with van der Waals surface area (Å²) >= 11 is 0. The third-order valence-corrected chi connectivity index (χ3v) is 3.85. The van der Waals surface area contributed by atoms with E-state index in [-0.39, 0.29) is 11.5 Å². The summed E-state index contributed by atoms with van der Waals surface area (Å²) in [6.07, 6.45) is 2.43. The molecule has 0 aliphatic carbocycles. The SMILES string of the molecule is CCNCC1CCN(Cc2ccc(O)cc2O)CC1. The fraction of sp³-hybridized carbons (Fsp3) is 0.600. The molecule has 0 aromatic heterocycles. The van der Waals surface area contributed by atoms with E-state index in [4.69, 9.17) is 0 Å². The smallest absolute Gasteiger partial charge is 0.123 e. The van der Waals surface area contributed by atoms with E-state index in [1.807, 2.05) is 0 Å². The van der Waals surface area contributed by atoms with Crippen LogP contribution in [0.5, 0.6) is 11.5 Å². The Morgan fingerprint density at radius 2 is 2.00 bits per heavy atom. The molecular formula is C15H24N2O2. The summed E-state index contributed by atoms with van der Waals surface area (Å²) in [4.78, 5) is 2.37. The maximum Gasteiger partial charge on any atom is 0.123 e. The molecule has 0 saturated carbocycles. The van der Waals surface area contributed by atoms with E-state index in [1.54, 1.807) is 12.1 Å². The predicted octanol–water partition coefficient (Wildman–Crippen LogP) is 1.92. The molecule has 4 nitrogen and oxygen atoms in total. The number of nitrogens with one attached hydrogen (secondary N) is 1. The Morgan fingerprint density at radius 1 is 1.26 bits per heavy atom. The van der Waals surface area contributed by atoms with Crippen LogP contribution < -0.4 is 5.32 Å². The van der Waals surface area contributed by atoms with Crippen LogP contribution in [-0.2, 0) is 6.54 Å². The lowest BCUT2D eigenvalue weighted by atomic mass is 9.96. The first-order valence-corrected chi connectivity index (χ1v) is 7.13. The van der Waals surface area contributed by atoms with Gasteiger partial charge in [0.2, 0.25) is 0 Å². The van der Waals surface area contributed by atoms with Crippen molar-refractivity contribution in [3.63, 3.8) is 0 Å². The van der Waals surface area contributed by atoms with Gasteiger partial charge in [-0.05, 0) is 51.0 Å². The average molecular weight is 264 g/mol. The van der Waals surface area contributed by atoms with Gasteiger partial charge in [-0.3, -0.25) is 4.90 Å². The molecule has 0 atom stereocenters. The van der Waals surface area contributed by atoms with Crippen LogP contribution in [-0.4, -0.2) is 41.3 Å². The van der Waals surface area contributed by atoms with E-state index in [2.05, 4.69) is 17.1 Å². The highest BCUT2D eigenvalue weighted by atomic mass is 16.3. The lowest BCUT2D eigenvalue weighted by molar-refractivity contribution is 0.174. The van der Waals surface area contributed by atoms with E-state index in [0.717, 1.165) is 44.2 Å². The summed E-state index contributed by atoms with van der Waals surface area (Å²) in [5, 5.41) is 22.5. The number of piperidine rings is 1. The number of benzene rings is 1. The van der Waals surface area contributed by atoms with Crippen LogP contribution in [0.2, 0.25) is 0 Å². The van der Waals surface area contributed by atoms with E-state index < -0.39 is 0 Å². The van der Waals surface area contributed by atoms with Gasteiger partial charge in [0.05, 0.1) is 0 Å². The summed E-state index contributed by atoms with van der Waals surface area (Å²) in [5.74, 6) is 1.09. The van der Waals surface area contributed by atoms with Gasteiger partial charge in [-0.15, -0.1) is 0 Å². The number of phenolic OH excluding ortho intramolecular Hbond substituents is 2. The molecule has 1 aromatic rings. The summed E-state index contributed by atoms with van der Waals surface area (Å²) in [5.41, 5.74) is 0.892.